The Morgan fingerprint density at radius 2 is 2.06 bits per heavy atom. The molecule has 0 aliphatic carbocycles. The van der Waals surface area contributed by atoms with Gasteiger partial charge in [0.1, 0.15) is 6.07 Å². The Hall–Kier alpha value is -1.93. The lowest BCUT2D eigenvalue weighted by Crippen LogP contribution is -2.12. The third-order valence-corrected chi connectivity index (χ3v) is 2.07. The summed E-state index contributed by atoms with van der Waals surface area (Å²) in [6, 6.07) is 9.64. The molecular formula is C11H12N4S. The molecule has 0 aromatic heterocycles. The van der Waals surface area contributed by atoms with E-state index in [0.29, 0.717) is 0 Å². The largest absolute Gasteiger partial charge is 0.378 e. The summed E-state index contributed by atoms with van der Waals surface area (Å²) in [4.78, 5) is 2.07. The van der Waals surface area contributed by atoms with Crippen LogP contribution in [0.25, 0.3) is 0 Å². The number of rotatable bonds is 3. The first-order valence-corrected chi connectivity index (χ1v) is 5.05. The Balaban J connectivity index is 2.62. The van der Waals surface area contributed by atoms with E-state index in [9.17, 15) is 0 Å². The van der Waals surface area contributed by atoms with E-state index in [1.807, 2.05) is 43.3 Å². The monoisotopic (exact) mass is 232 g/mol. The summed E-state index contributed by atoms with van der Waals surface area (Å²) >= 11 is 4.63. The highest BCUT2D eigenvalue weighted by molar-refractivity contribution is 7.80. The lowest BCUT2D eigenvalue weighted by molar-refractivity contribution is 1.06. The predicted octanol–water partition coefficient (Wildman–Crippen LogP) is 1.53. The van der Waals surface area contributed by atoms with Gasteiger partial charge in [0.25, 0.3) is 0 Å². The number of nitrogens with one attached hydrogen (secondary N) is 1. The van der Waals surface area contributed by atoms with Crippen molar-refractivity contribution in [3.8, 4) is 6.07 Å². The molecular weight excluding hydrogens is 220 g/mol. The Morgan fingerprint density at radius 3 is 2.56 bits per heavy atom. The van der Waals surface area contributed by atoms with Crippen LogP contribution in [0, 0.1) is 11.3 Å². The highest BCUT2D eigenvalue weighted by Crippen LogP contribution is 2.10. The molecule has 0 atom stereocenters. The number of nitriles is 1. The molecule has 16 heavy (non-hydrogen) atoms. The van der Waals surface area contributed by atoms with Crippen LogP contribution in [0.3, 0.4) is 0 Å². The van der Waals surface area contributed by atoms with Crippen LogP contribution < -0.4 is 10.3 Å². The Bertz CT molecular complexity index is 428. The minimum absolute atomic E-state index is 0.0566. The van der Waals surface area contributed by atoms with Gasteiger partial charge in [-0.3, -0.25) is 5.43 Å². The van der Waals surface area contributed by atoms with Gasteiger partial charge in [-0.1, -0.05) is 12.1 Å². The summed E-state index contributed by atoms with van der Waals surface area (Å²) in [5.41, 5.74) is 4.51. The summed E-state index contributed by atoms with van der Waals surface area (Å²) in [6.07, 6.45) is 1.61. The van der Waals surface area contributed by atoms with Crippen molar-refractivity contribution < 1.29 is 0 Å². The van der Waals surface area contributed by atoms with Gasteiger partial charge in [-0.25, -0.2) is 0 Å². The molecule has 0 heterocycles. The minimum Gasteiger partial charge on any atom is -0.378 e. The van der Waals surface area contributed by atoms with Crippen molar-refractivity contribution in [3.63, 3.8) is 0 Å². The van der Waals surface area contributed by atoms with E-state index < -0.39 is 0 Å². The highest BCUT2D eigenvalue weighted by Gasteiger charge is 1.94. The first kappa shape index (κ1) is 12.1. The molecule has 0 bridgehead atoms. The smallest absolute Gasteiger partial charge is 0.198 e. The molecule has 5 heteroatoms. The number of anilines is 1. The van der Waals surface area contributed by atoms with Crippen molar-refractivity contribution in [3.05, 3.63) is 29.8 Å². The van der Waals surface area contributed by atoms with Gasteiger partial charge in [-0.15, -0.1) is 0 Å². The van der Waals surface area contributed by atoms with Crippen molar-refractivity contribution in [2.24, 2.45) is 5.10 Å². The van der Waals surface area contributed by atoms with Crippen molar-refractivity contribution in [1.82, 2.24) is 5.43 Å². The van der Waals surface area contributed by atoms with Gasteiger partial charge in [-0.2, -0.15) is 10.4 Å². The van der Waals surface area contributed by atoms with E-state index >= 15 is 0 Å². The molecule has 0 fully saturated rings. The van der Waals surface area contributed by atoms with Gasteiger partial charge < -0.3 is 4.90 Å². The number of benzene rings is 1. The quantitative estimate of drug-likeness (QED) is 0.488. The first-order valence-electron chi connectivity index (χ1n) is 4.64. The Kier molecular flexibility index (Phi) is 4.42. The third kappa shape index (κ3) is 3.67. The molecule has 0 amide bonds. The zero-order chi connectivity index (χ0) is 12.0. The average molecular weight is 232 g/mol. The van der Waals surface area contributed by atoms with E-state index in [0.717, 1.165) is 11.3 Å². The second kappa shape index (κ2) is 5.83. The van der Waals surface area contributed by atoms with Crippen LogP contribution in [0.2, 0.25) is 0 Å². The molecule has 1 N–H and O–H groups in total. The third-order valence-electron chi connectivity index (χ3n) is 1.89. The summed E-state index contributed by atoms with van der Waals surface area (Å²) in [5, 5.41) is 12.2. The lowest BCUT2D eigenvalue weighted by Gasteiger charge is -2.11. The zero-order valence-corrected chi connectivity index (χ0v) is 9.95. The fourth-order valence-corrected chi connectivity index (χ4v) is 1.10. The standard InChI is InChI=1S/C11H12N4S/c1-15(2)10-5-3-9(4-6-10)8-13-14-11(16)7-12/h3-6,8H,1-2H3,(H,14,16)/b13-8+. The average Bonchev–Trinajstić information content (AvgIpc) is 2.29. The van der Waals surface area contributed by atoms with Gasteiger partial charge >= 0.3 is 0 Å². The van der Waals surface area contributed by atoms with E-state index in [1.54, 1.807) is 12.3 Å². The molecule has 1 aromatic carbocycles. The van der Waals surface area contributed by atoms with Crippen LogP contribution in [0.4, 0.5) is 5.69 Å². The van der Waals surface area contributed by atoms with Gasteiger partial charge in [0.2, 0.25) is 0 Å². The summed E-state index contributed by atoms with van der Waals surface area (Å²) in [5.74, 6) is 0. The number of nitrogens with zero attached hydrogens (tertiary/aromatic N) is 3. The maximum atomic E-state index is 8.40. The fraction of sp³-hybridized carbons (Fsp3) is 0.182. The molecule has 1 aromatic rings. The Morgan fingerprint density at radius 1 is 1.44 bits per heavy atom. The number of hydrogen-bond donors (Lipinski definition) is 1. The van der Waals surface area contributed by atoms with Crippen LogP contribution in [-0.4, -0.2) is 25.3 Å². The Labute approximate surface area is 100 Å². The number of hydrogen-bond acceptors (Lipinski definition) is 4. The van der Waals surface area contributed by atoms with E-state index in [4.69, 9.17) is 5.26 Å². The van der Waals surface area contributed by atoms with Crippen molar-refractivity contribution >= 4 is 29.1 Å². The van der Waals surface area contributed by atoms with Crippen LogP contribution in [0.1, 0.15) is 5.56 Å². The lowest BCUT2D eigenvalue weighted by atomic mass is 10.2. The van der Waals surface area contributed by atoms with Crippen LogP contribution in [0.5, 0.6) is 0 Å². The van der Waals surface area contributed by atoms with Crippen LogP contribution >= 0.6 is 12.2 Å². The van der Waals surface area contributed by atoms with Gasteiger partial charge in [0.15, 0.2) is 4.99 Å². The summed E-state index contributed by atoms with van der Waals surface area (Å²) < 4.78 is 0. The molecule has 0 spiro atoms. The van der Waals surface area contributed by atoms with Crippen LogP contribution in [-0.2, 0) is 0 Å². The molecule has 0 saturated carbocycles. The number of hydrazone groups is 1. The maximum absolute atomic E-state index is 8.40. The minimum atomic E-state index is 0.0566. The molecule has 4 nitrogen and oxygen atoms in total. The maximum Gasteiger partial charge on any atom is 0.198 e. The molecule has 0 saturated heterocycles. The SMILES string of the molecule is CN(C)c1ccc(/C=N/NC(=S)C#N)cc1. The van der Waals surface area contributed by atoms with Crippen molar-refractivity contribution in [2.75, 3.05) is 19.0 Å². The zero-order valence-electron chi connectivity index (χ0n) is 9.14. The summed E-state index contributed by atoms with van der Waals surface area (Å²) in [6.45, 7) is 0. The van der Waals surface area contributed by atoms with Crippen molar-refractivity contribution in [1.29, 1.82) is 5.26 Å². The topological polar surface area (TPSA) is 51.4 Å². The van der Waals surface area contributed by atoms with E-state index in [-0.39, 0.29) is 4.99 Å². The predicted molar refractivity (Wildman–Crippen MR) is 69.7 cm³/mol. The van der Waals surface area contributed by atoms with E-state index in [2.05, 4.69) is 22.7 Å². The molecule has 0 aliphatic heterocycles. The van der Waals surface area contributed by atoms with Crippen molar-refractivity contribution in [2.45, 2.75) is 0 Å². The highest BCUT2D eigenvalue weighted by atomic mass is 32.1. The number of thiocarbonyl (C=S) groups is 1. The molecule has 1 rings (SSSR count). The first-order chi connectivity index (χ1) is 7.63. The van der Waals surface area contributed by atoms with Crippen LogP contribution in [0.15, 0.2) is 29.4 Å². The molecule has 0 unspecified atom stereocenters. The molecule has 0 radical (unpaired) electrons. The van der Waals surface area contributed by atoms with Gasteiger partial charge in [0.05, 0.1) is 6.21 Å². The van der Waals surface area contributed by atoms with Gasteiger partial charge in [0, 0.05) is 19.8 Å². The summed E-state index contributed by atoms with van der Waals surface area (Å²) in [7, 11) is 3.96. The van der Waals surface area contributed by atoms with Gasteiger partial charge in [-0.05, 0) is 29.9 Å². The van der Waals surface area contributed by atoms with E-state index in [1.165, 1.54) is 0 Å². The second-order valence-electron chi connectivity index (χ2n) is 3.30. The second-order valence-corrected chi connectivity index (χ2v) is 3.71. The molecule has 82 valence electrons. The fourth-order valence-electron chi connectivity index (χ4n) is 1.05. The normalized spacial score (nSPS) is 9.81. The molecule has 0 aliphatic rings.